The maximum absolute atomic E-state index is 14.0. The van der Waals surface area contributed by atoms with Gasteiger partial charge in [0.2, 0.25) is 0 Å². The maximum atomic E-state index is 14.0. The van der Waals surface area contributed by atoms with Crippen molar-refractivity contribution >= 4 is 0 Å². The Morgan fingerprint density at radius 1 is 1.30 bits per heavy atom. The fraction of sp³-hybridized carbons (Fsp3) is 0.625. The third-order valence-corrected chi connectivity index (χ3v) is 4.35. The molecule has 1 saturated carbocycles. The number of benzene rings is 1. The molecule has 4 heteroatoms. The van der Waals surface area contributed by atoms with E-state index in [1.54, 1.807) is 12.1 Å². The normalized spacial score (nSPS) is 22.3. The fourth-order valence-electron chi connectivity index (χ4n) is 3.20. The molecule has 1 N–H and O–H groups in total. The Kier molecular flexibility index (Phi) is 4.22. The molecular formula is C16H23FN2O. The van der Waals surface area contributed by atoms with Crippen LogP contribution in [0.15, 0.2) is 18.2 Å². The van der Waals surface area contributed by atoms with Gasteiger partial charge in [0.25, 0.3) is 0 Å². The van der Waals surface area contributed by atoms with Gasteiger partial charge >= 0.3 is 0 Å². The molecular weight excluding hydrogens is 255 g/mol. The molecule has 0 bridgehead atoms. The number of hydrogen-bond acceptors (Lipinski definition) is 3. The van der Waals surface area contributed by atoms with Crippen LogP contribution in [0, 0.1) is 11.7 Å². The van der Waals surface area contributed by atoms with E-state index in [2.05, 4.69) is 10.2 Å². The summed E-state index contributed by atoms with van der Waals surface area (Å²) in [6.45, 7) is 4.27. The first-order chi connectivity index (χ1) is 9.79. The van der Waals surface area contributed by atoms with Crippen LogP contribution in [0.4, 0.5) is 4.39 Å². The Balaban J connectivity index is 1.84. The molecule has 2 fully saturated rings. The van der Waals surface area contributed by atoms with E-state index in [1.165, 1.54) is 26.4 Å². The zero-order chi connectivity index (χ0) is 13.9. The number of ether oxygens (including phenoxy) is 1. The summed E-state index contributed by atoms with van der Waals surface area (Å²) in [4.78, 5) is 2.53. The fourth-order valence-corrected chi connectivity index (χ4v) is 3.20. The van der Waals surface area contributed by atoms with E-state index in [1.807, 2.05) is 6.07 Å². The molecule has 1 unspecified atom stereocenters. The van der Waals surface area contributed by atoms with E-state index in [0.29, 0.717) is 17.7 Å². The summed E-state index contributed by atoms with van der Waals surface area (Å²) in [5.74, 6) is 0.783. The average Bonchev–Trinajstić information content (AvgIpc) is 3.27. The molecule has 1 heterocycles. The first kappa shape index (κ1) is 13.8. The van der Waals surface area contributed by atoms with Crippen molar-refractivity contribution in [1.82, 2.24) is 10.2 Å². The van der Waals surface area contributed by atoms with Crippen LogP contribution in [0.1, 0.15) is 30.9 Å². The molecule has 1 aromatic carbocycles. The standard InChI is InChI=1S/C16H23FN2O/c1-20-15-6-5-13(11-14(15)17)16(12-3-4-12)19-9-2-7-18-8-10-19/h5-6,11-12,16,18H,2-4,7-10H2,1H3. The molecule has 0 amide bonds. The highest BCUT2D eigenvalue weighted by atomic mass is 19.1. The first-order valence-corrected chi connectivity index (χ1v) is 7.58. The van der Waals surface area contributed by atoms with Gasteiger partial charge in [-0.3, -0.25) is 4.90 Å². The van der Waals surface area contributed by atoms with Crippen LogP contribution >= 0.6 is 0 Å². The van der Waals surface area contributed by atoms with Crippen LogP contribution in [0.25, 0.3) is 0 Å². The lowest BCUT2D eigenvalue weighted by Crippen LogP contribution is -2.33. The molecule has 1 atom stereocenters. The second kappa shape index (κ2) is 6.10. The number of nitrogens with one attached hydrogen (secondary N) is 1. The number of hydrogen-bond donors (Lipinski definition) is 1. The van der Waals surface area contributed by atoms with Gasteiger partial charge in [-0.25, -0.2) is 4.39 Å². The number of nitrogens with zero attached hydrogens (tertiary/aromatic N) is 1. The van der Waals surface area contributed by atoms with Crippen LogP contribution in [-0.2, 0) is 0 Å². The number of methoxy groups -OCH3 is 1. The summed E-state index contributed by atoms with van der Waals surface area (Å²) in [5, 5.41) is 3.44. The van der Waals surface area contributed by atoms with Crippen LogP contribution in [0.2, 0.25) is 0 Å². The number of rotatable bonds is 4. The lowest BCUT2D eigenvalue weighted by molar-refractivity contribution is 0.188. The van der Waals surface area contributed by atoms with Gasteiger partial charge in [0.15, 0.2) is 11.6 Å². The van der Waals surface area contributed by atoms with E-state index >= 15 is 0 Å². The first-order valence-electron chi connectivity index (χ1n) is 7.58. The smallest absolute Gasteiger partial charge is 0.165 e. The third kappa shape index (κ3) is 2.96. The summed E-state index contributed by atoms with van der Waals surface area (Å²) in [6.07, 6.45) is 3.70. The van der Waals surface area contributed by atoms with Gasteiger partial charge in [-0.1, -0.05) is 6.07 Å². The minimum absolute atomic E-state index is 0.247. The molecule has 0 aromatic heterocycles. The average molecular weight is 278 g/mol. The minimum Gasteiger partial charge on any atom is -0.494 e. The Morgan fingerprint density at radius 2 is 2.15 bits per heavy atom. The Hall–Kier alpha value is -1.13. The molecule has 0 radical (unpaired) electrons. The topological polar surface area (TPSA) is 24.5 Å². The van der Waals surface area contributed by atoms with Gasteiger partial charge in [-0.15, -0.1) is 0 Å². The van der Waals surface area contributed by atoms with E-state index in [-0.39, 0.29) is 5.82 Å². The van der Waals surface area contributed by atoms with E-state index in [9.17, 15) is 4.39 Å². The highest BCUT2D eigenvalue weighted by molar-refractivity contribution is 5.32. The summed E-state index contributed by atoms with van der Waals surface area (Å²) in [7, 11) is 1.51. The Morgan fingerprint density at radius 3 is 2.85 bits per heavy atom. The summed E-state index contributed by atoms with van der Waals surface area (Å²) < 4.78 is 19.0. The van der Waals surface area contributed by atoms with Crippen molar-refractivity contribution in [3.63, 3.8) is 0 Å². The molecule has 1 aliphatic heterocycles. The van der Waals surface area contributed by atoms with Gasteiger partial charge in [0.1, 0.15) is 0 Å². The molecule has 3 rings (SSSR count). The predicted molar refractivity (Wildman–Crippen MR) is 77.5 cm³/mol. The molecule has 20 heavy (non-hydrogen) atoms. The Bertz CT molecular complexity index is 454. The van der Waals surface area contributed by atoms with Crippen LogP contribution in [-0.4, -0.2) is 38.2 Å². The highest BCUT2D eigenvalue weighted by Gasteiger charge is 2.36. The van der Waals surface area contributed by atoms with E-state index < -0.39 is 0 Å². The summed E-state index contributed by atoms with van der Waals surface area (Å²) in [5.41, 5.74) is 1.10. The molecule has 0 spiro atoms. The largest absolute Gasteiger partial charge is 0.494 e. The van der Waals surface area contributed by atoms with Crippen molar-refractivity contribution in [3.05, 3.63) is 29.6 Å². The molecule has 1 aromatic rings. The second-order valence-electron chi connectivity index (χ2n) is 5.82. The molecule has 1 saturated heterocycles. The van der Waals surface area contributed by atoms with Gasteiger partial charge in [-0.2, -0.15) is 0 Å². The highest BCUT2D eigenvalue weighted by Crippen LogP contribution is 2.45. The predicted octanol–water partition coefficient (Wildman–Crippen LogP) is 2.58. The van der Waals surface area contributed by atoms with E-state index in [4.69, 9.17) is 4.74 Å². The van der Waals surface area contributed by atoms with Crippen molar-refractivity contribution in [2.24, 2.45) is 5.92 Å². The molecule has 2 aliphatic rings. The van der Waals surface area contributed by atoms with E-state index in [0.717, 1.165) is 31.7 Å². The zero-order valence-electron chi connectivity index (χ0n) is 12.1. The van der Waals surface area contributed by atoms with Crippen LogP contribution in [0.5, 0.6) is 5.75 Å². The SMILES string of the molecule is COc1ccc(C(C2CC2)N2CCCNCC2)cc1F. The van der Waals surface area contributed by atoms with Crippen molar-refractivity contribution in [2.45, 2.75) is 25.3 Å². The minimum atomic E-state index is -0.247. The number of halogens is 1. The maximum Gasteiger partial charge on any atom is 0.165 e. The van der Waals surface area contributed by atoms with Crippen molar-refractivity contribution in [3.8, 4) is 5.75 Å². The molecule has 3 nitrogen and oxygen atoms in total. The molecule has 110 valence electrons. The third-order valence-electron chi connectivity index (χ3n) is 4.35. The quantitative estimate of drug-likeness (QED) is 0.916. The lowest BCUT2D eigenvalue weighted by Gasteiger charge is -2.31. The van der Waals surface area contributed by atoms with Gasteiger partial charge in [-0.05, 0) is 49.4 Å². The van der Waals surface area contributed by atoms with Crippen LogP contribution < -0.4 is 10.1 Å². The molecule has 1 aliphatic carbocycles. The zero-order valence-corrected chi connectivity index (χ0v) is 12.1. The Labute approximate surface area is 120 Å². The second-order valence-corrected chi connectivity index (χ2v) is 5.82. The van der Waals surface area contributed by atoms with Crippen LogP contribution in [0.3, 0.4) is 0 Å². The summed E-state index contributed by atoms with van der Waals surface area (Å²) >= 11 is 0. The van der Waals surface area contributed by atoms with Gasteiger partial charge < -0.3 is 10.1 Å². The lowest BCUT2D eigenvalue weighted by atomic mass is 9.99. The monoisotopic (exact) mass is 278 g/mol. The van der Waals surface area contributed by atoms with Crippen molar-refractivity contribution < 1.29 is 9.13 Å². The van der Waals surface area contributed by atoms with Gasteiger partial charge in [0, 0.05) is 25.7 Å². The summed E-state index contributed by atoms with van der Waals surface area (Å²) in [6, 6.07) is 5.83. The van der Waals surface area contributed by atoms with Crippen molar-refractivity contribution in [1.29, 1.82) is 0 Å². The van der Waals surface area contributed by atoms with Crippen molar-refractivity contribution in [2.75, 3.05) is 33.3 Å². The van der Waals surface area contributed by atoms with Gasteiger partial charge in [0.05, 0.1) is 7.11 Å².